The van der Waals surface area contributed by atoms with Gasteiger partial charge in [0.25, 0.3) is 0 Å². The summed E-state index contributed by atoms with van der Waals surface area (Å²) in [6.07, 6.45) is 2.99. The number of benzene rings is 2. The molecular formula is C32H43N3. The number of aliphatic imine (C=N–C) groups is 3. The zero-order chi connectivity index (χ0) is 25.9. The van der Waals surface area contributed by atoms with E-state index in [0.29, 0.717) is 23.7 Å². The van der Waals surface area contributed by atoms with E-state index >= 15 is 0 Å². The molecule has 0 N–H and O–H groups in total. The Labute approximate surface area is 213 Å². The summed E-state index contributed by atoms with van der Waals surface area (Å²) in [4.78, 5) is 15.3. The van der Waals surface area contributed by atoms with E-state index in [4.69, 9.17) is 15.0 Å². The van der Waals surface area contributed by atoms with Gasteiger partial charge in [0.15, 0.2) is 0 Å². The smallest absolute Gasteiger partial charge is 0.0810 e. The molecule has 2 aromatic carbocycles. The van der Waals surface area contributed by atoms with E-state index in [9.17, 15) is 0 Å². The third kappa shape index (κ3) is 6.07. The SMILES string of the molecule is CC(=Nc1c(C(C)C)cccc1C(C)C)C1=CCC(C(C)=Nc2c(C(C)C)cccc2C(C)C)=N1. The molecule has 0 bridgehead atoms. The zero-order valence-corrected chi connectivity index (χ0v) is 23.4. The van der Waals surface area contributed by atoms with Gasteiger partial charge < -0.3 is 0 Å². The molecule has 0 atom stereocenters. The summed E-state index contributed by atoms with van der Waals surface area (Å²) in [5, 5.41) is 0. The van der Waals surface area contributed by atoms with Crippen LogP contribution in [0.3, 0.4) is 0 Å². The van der Waals surface area contributed by atoms with Gasteiger partial charge >= 0.3 is 0 Å². The van der Waals surface area contributed by atoms with Crippen LogP contribution in [0.1, 0.15) is 122 Å². The van der Waals surface area contributed by atoms with Crippen molar-refractivity contribution in [2.75, 3.05) is 0 Å². The Kier molecular flexibility index (Phi) is 8.64. The van der Waals surface area contributed by atoms with Crippen molar-refractivity contribution in [2.24, 2.45) is 15.0 Å². The minimum Gasteiger partial charge on any atom is -0.251 e. The van der Waals surface area contributed by atoms with Crippen molar-refractivity contribution >= 4 is 28.5 Å². The minimum atomic E-state index is 0.419. The molecule has 3 rings (SSSR count). The normalized spacial score (nSPS) is 15.0. The fraction of sp³-hybridized carbons (Fsp3) is 0.469. The Balaban J connectivity index is 1.98. The molecule has 0 aliphatic carbocycles. The van der Waals surface area contributed by atoms with E-state index in [0.717, 1.165) is 40.6 Å². The number of nitrogens with zero attached hydrogens (tertiary/aromatic N) is 3. The molecule has 0 saturated heterocycles. The van der Waals surface area contributed by atoms with Crippen molar-refractivity contribution in [3.05, 3.63) is 70.4 Å². The topological polar surface area (TPSA) is 37.1 Å². The van der Waals surface area contributed by atoms with Crippen LogP contribution >= 0.6 is 0 Å². The summed E-state index contributed by atoms with van der Waals surface area (Å²) in [5.74, 6) is 1.68. The van der Waals surface area contributed by atoms with Crippen LogP contribution in [0.15, 0.2) is 63.1 Å². The molecule has 35 heavy (non-hydrogen) atoms. The summed E-state index contributed by atoms with van der Waals surface area (Å²) < 4.78 is 0. The van der Waals surface area contributed by atoms with E-state index in [2.05, 4.69) is 112 Å². The Morgan fingerprint density at radius 1 is 0.629 bits per heavy atom. The maximum atomic E-state index is 5.15. The minimum absolute atomic E-state index is 0.419. The highest BCUT2D eigenvalue weighted by Crippen LogP contribution is 2.37. The molecule has 0 aromatic heterocycles. The maximum absolute atomic E-state index is 5.15. The second kappa shape index (κ2) is 11.3. The Hall–Kier alpha value is -2.81. The third-order valence-electron chi connectivity index (χ3n) is 6.78. The number of hydrogen-bond acceptors (Lipinski definition) is 3. The Morgan fingerprint density at radius 2 is 1.00 bits per heavy atom. The molecule has 1 heterocycles. The second-order valence-electron chi connectivity index (χ2n) is 10.9. The first-order valence-electron chi connectivity index (χ1n) is 13.2. The van der Waals surface area contributed by atoms with Gasteiger partial charge in [0, 0.05) is 6.42 Å². The first kappa shape index (κ1) is 26.8. The first-order valence-corrected chi connectivity index (χ1v) is 13.2. The fourth-order valence-corrected chi connectivity index (χ4v) is 4.63. The van der Waals surface area contributed by atoms with Gasteiger partial charge in [-0.3, -0.25) is 9.98 Å². The van der Waals surface area contributed by atoms with E-state index in [1.54, 1.807) is 0 Å². The second-order valence-corrected chi connectivity index (χ2v) is 10.9. The van der Waals surface area contributed by atoms with Gasteiger partial charge in [-0.25, -0.2) is 4.99 Å². The monoisotopic (exact) mass is 469 g/mol. The van der Waals surface area contributed by atoms with Crippen LogP contribution in [-0.4, -0.2) is 17.1 Å². The van der Waals surface area contributed by atoms with Gasteiger partial charge in [-0.2, -0.15) is 0 Å². The van der Waals surface area contributed by atoms with E-state index in [-0.39, 0.29) is 0 Å². The van der Waals surface area contributed by atoms with Crippen molar-refractivity contribution in [3.63, 3.8) is 0 Å². The number of allylic oxidation sites excluding steroid dienone is 2. The van der Waals surface area contributed by atoms with Crippen LogP contribution < -0.4 is 0 Å². The van der Waals surface area contributed by atoms with Crippen LogP contribution in [0.2, 0.25) is 0 Å². The molecule has 0 radical (unpaired) electrons. The molecule has 3 heteroatoms. The van der Waals surface area contributed by atoms with Gasteiger partial charge in [0.05, 0.1) is 34.2 Å². The van der Waals surface area contributed by atoms with Crippen molar-refractivity contribution in [1.29, 1.82) is 0 Å². The third-order valence-corrected chi connectivity index (χ3v) is 6.78. The molecule has 1 aliphatic rings. The van der Waals surface area contributed by atoms with Crippen LogP contribution in [0.5, 0.6) is 0 Å². The average molecular weight is 470 g/mol. The lowest BCUT2D eigenvalue weighted by Gasteiger charge is -2.17. The molecule has 2 aromatic rings. The highest BCUT2D eigenvalue weighted by atomic mass is 14.9. The van der Waals surface area contributed by atoms with Crippen molar-refractivity contribution in [3.8, 4) is 0 Å². The molecule has 0 spiro atoms. The quantitative estimate of drug-likeness (QED) is 0.345. The molecule has 186 valence electrons. The number of para-hydroxylation sites is 2. The molecule has 0 saturated carbocycles. The van der Waals surface area contributed by atoms with Crippen molar-refractivity contribution < 1.29 is 0 Å². The molecule has 3 nitrogen and oxygen atoms in total. The molecule has 0 amide bonds. The van der Waals surface area contributed by atoms with Crippen LogP contribution in [0.4, 0.5) is 11.4 Å². The van der Waals surface area contributed by atoms with Gasteiger partial charge in [-0.1, -0.05) is 97.9 Å². The Morgan fingerprint density at radius 3 is 1.37 bits per heavy atom. The lowest BCUT2D eigenvalue weighted by molar-refractivity contribution is 0.834. The zero-order valence-electron chi connectivity index (χ0n) is 23.4. The van der Waals surface area contributed by atoms with Crippen molar-refractivity contribution in [1.82, 2.24) is 0 Å². The summed E-state index contributed by atoms with van der Waals surface area (Å²) in [6.45, 7) is 22.1. The van der Waals surface area contributed by atoms with E-state index in [1.807, 2.05) is 0 Å². The molecular weight excluding hydrogens is 426 g/mol. The Bertz CT molecular complexity index is 1130. The fourth-order valence-electron chi connectivity index (χ4n) is 4.63. The predicted octanol–water partition coefficient (Wildman–Crippen LogP) is 9.79. The summed E-state index contributed by atoms with van der Waals surface area (Å²) in [5.41, 5.74) is 11.4. The highest BCUT2D eigenvalue weighted by molar-refractivity contribution is 6.43. The molecule has 0 fully saturated rings. The average Bonchev–Trinajstić information content (AvgIpc) is 3.29. The van der Waals surface area contributed by atoms with Gasteiger partial charge in [0.1, 0.15) is 0 Å². The highest BCUT2D eigenvalue weighted by Gasteiger charge is 2.19. The summed E-state index contributed by atoms with van der Waals surface area (Å²) >= 11 is 0. The standard InChI is InChI=1S/C32H43N3/c1-19(2)25-13-11-14-26(20(3)4)31(25)33-23(9)29-17-18-30(35-29)24(10)34-32-27(21(5)6)15-12-16-28(32)22(7)8/h11-17,19-22H,18H2,1-10H3. The number of rotatable bonds is 8. The molecule has 0 unspecified atom stereocenters. The van der Waals surface area contributed by atoms with Gasteiger partial charge in [0.2, 0.25) is 0 Å². The summed E-state index contributed by atoms with van der Waals surface area (Å²) in [7, 11) is 0. The van der Waals surface area contributed by atoms with Crippen LogP contribution in [0, 0.1) is 0 Å². The van der Waals surface area contributed by atoms with E-state index in [1.165, 1.54) is 22.3 Å². The first-order chi connectivity index (χ1) is 16.5. The van der Waals surface area contributed by atoms with Gasteiger partial charge in [-0.15, -0.1) is 0 Å². The van der Waals surface area contributed by atoms with Gasteiger partial charge in [-0.05, 0) is 59.8 Å². The lowest BCUT2D eigenvalue weighted by atomic mass is 9.93. The molecule has 1 aliphatic heterocycles. The summed E-state index contributed by atoms with van der Waals surface area (Å²) in [6, 6.07) is 13.1. The largest absolute Gasteiger partial charge is 0.251 e. The van der Waals surface area contributed by atoms with Crippen molar-refractivity contribution in [2.45, 2.75) is 99.3 Å². The maximum Gasteiger partial charge on any atom is 0.0810 e. The van der Waals surface area contributed by atoms with E-state index < -0.39 is 0 Å². The lowest BCUT2D eigenvalue weighted by Crippen LogP contribution is -2.08. The van der Waals surface area contributed by atoms with Crippen LogP contribution in [-0.2, 0) is 0 Å². The van der Waals surface area contributed by atoms with Crippen LogP contribution in [0.25, 0.3) is 0 Å². The number of hydrogen-bond donors (Lipinski definition) is 0. The predicted molar refractivity (Wildman–Crippen MR) is 155 cm³/mol.